The van der Waals surface area contributed by atoms with Crippen LogP contribution < -0.4 is 5.73 Å². The van der Waals surface area contributed by atoms with Crippen molar-refractivity contribution in [3.8, 4) is 0 Å². The van der Waals surface area contributed by atoms with Crippen molar-refractivity contribution in [3.05, 3.63) is 71.0 Å². The molecule has 0 aromatic heterocycles. The highest BCUT2D eigenvalue weighted by molar-refractivity contribution is 5.94. The minimum atomic E-state index is -4.85. The number of amides is 1. The fourth-order valence-electron chi connectivity index (χ4n) is 3.11. The molecule has 1 aliphatic heterocycles. The standard InChI is InChI=1S/C18H16F4N2O/c19-15-7-6-12(8-14(15)18(20,21)22)17(25)24-9-13(16(23)10-24)11-4-2-1-3-5-11/h1-8,13,16H,9-10,23H2/t13-,16+/m0/s1. The van der Waals surface area contributed by atoms with Crippen LogP contribution in [0.1, 0.15) is 27.4 Å². The van der Waals surface area contributed by atoms with E-state index in [4.69, 9.17) is 5.73 Å². The Hall–Kier alpha value is -2.41. The summed E-state index contributed by atoms with van der Waals surface area (Å²) in [6, 6.07) is 11.4. The second-order valence-corrected chi connectivity index (χ2v) is 6.08. The zero-order valence-electron chi connectivity index (χ0n) is 13.1. The molecule has 25 heavy (non-hydrogen) atoms. The Morgan fingerprint density at radius 3 is 2.40 bits per heavy atom. The third-order valence-corrected chi connectivity index (χ3v) is 4.40. The molecule has 2 atom stereocenters. The lowest BCUT2D eigenvalue weighted by Crippen LogP contribution is -2.32. The van der Waals surface area contributed by atoms with Gasteiger partial charge in [-0.1, -0.05) is 30.3 Å². The van der Waals surface area contributed by atoms with E-state index in [2.05, 4.69) is 0 Å². The predicted octanol–water partition coefficient (Wildman–Crippen LogP) is 3.41. The summed E-state index contributed by atoms with van der Waals surface area (Å²) in [5, 5.41) is 0. The molecule has 2 aromatic rings. The first-order valence-electron chi connectivity index (χ1n) is 7.74. The lowest BCUT2D eigenvalue weighted by molar-refractivity contribution is -0.140. The van der Waals surface area contributed by atoms with Gasteiger partial charge in [0.1, 0.15) is 5.82 Å². The van der Waals surface area contributed by atoms with Crippen LogP contribution >= 0.6 is 0 Å². The number of hydrogen-bond acceptors (Lipinski definition) is 2. The SMILES string of the molecule is N[C@@H]1CN(C(=O)c2ccc(F)c(C(F)(F)F)c2)C[C@H]1c1ccccc1. The first-order valence-corrected chi connectivity index (χ1v) is 7.74. The summed E-state index contributed by atoms with van der Waals surface area (Å²) in [6.45, 7) is 0.542. The zero-order valence-corrected chi connectivity index (χ0v) is 13.1. The highest BCUT2D eigenvalue weighted by atomic mass is 19.4. The molecule has 0 spiro atoms. The fourth-order valence-corrected chi connectivity index (χ4v) is 3.11. The van der Waals surface area contributed by atoms with Crippen molar-refractivity contribution in [2.24, 2.45) is 5.73 Å². The van der Waals surface area contributed by atoms with Crippen molar-refractivity contribution >= 4 is 5.91 Å². The van der Waals surface area contributed by atoms with Crippen LogP contribution in [-0.4, -0.2) is 29.9 Å². The van der Waals surface area contributed by atoms with E-state index in [1.807, 2.05) is 30.3 Å². The van der Waals surface area contributed by atoms with Gasteiger partial charge in [0, 0.05) is 30.6 Å². The number of carbonyl (C=O) groups is 1. The predicted molar refractivity (Wildman–Crippen MR) is 84.5 cm³/mol. The number of hydrogen-bond donors (Lipinski definition) is 1. The minimum absolute atomic E-state index is 0.0901. The molecule has 2 N–H and O–H groups in total. The number of likely N-dealkylation sites (tertiary alicyclic amines) is 1. The van der Waals surface area contributed by atoms with Crippen LogP contribution in [0, 0.1) is 5.82 Å². The maximum atomic E-state index is 13.4. The molecule has 1 amide bonds. The number of alkyl halides is 3. The molecule has 2 aromatic carbocycles. The average molecular weight is 352 g/mol. The molecule has 7 heteroatoms. The quantitative estimate of drug-likeness (QED) is 0.842. The third-order valence-electron chi connectivity index (χ3n) is 4.40. The number of benzene rings is 2. The molecule has 0 radical (unpaired) electrons. The molecule has 3 nitrogen and oxygen atoms in total. The summed E-state index contributed by atoms with van der Waals surface area (Å²) in [5.74, 6) is -2.07. The van der Waals surface area contributed by atoms with Gasteiger partial charge in [-0.05, 0) is 23.8 Å². The highest BCUT2D eigenvalue weighted by Gasteiger charge is 2.37. The Labute approximate surface area is 142 Å². The molecule has 0 bridgehead atoms. The van der Waals surface area contributed by atoms with Gasteiger partial charge in [-0.25, -0.2) is 4.39 Å². The zero-order chi connectivity index (χ0) is 18.2. The van der Waals surface area contributed by atoms with Crippen molar-refractivity contribution in [2.75, 3.05) is 13.1 Å². The Morgan fingerprint density at radius 2 is 1.76 bits per heavy atom. The summed E-state index contributed by atoms with van der Waals surface area (Å²) in [6.07, 6.45) is -4.85. The average Bonchev–Trinajstić information content (AvgIpc) is 2.96. The minimum Gasteiger partial charge on any atom is -0.336 e. The van der Waals surface area contributed by atoms with E-state index < -0.39 is 23.5 Å². The monoisotopic (exact) mass is 352 g/mol. The number of rotatable bonds is 2. The summed E-state index contributed by atoms with van der Waals surface area (Å²) >= 11 is 0. The van der Waals surface area contributed by atoms with Crippen LogP contribution in [0.3, 0.4) is 0 Å². The van der Waals surface area contributed by atoms with Crippen molar-refractivity contribution in [1.82, 2.24) is 4.90 Å². The Bertz CT molecular complexity index is 776. The van der Waals surface area contributed by atoms with Crippen LogP contribution in [-0.2, 0) is 6.18 Å². The molecule has 3 rings (SSSR count). The van der Waals surface area contributed by atoms with Crippen LogP contribution in [0.5, 0.6) is 0 Å². The molecule has 1 fully saturated rings. The number of nitrogens with two attached hydrogens (primary N) is 1. The van der Waals surface area contributed by atoms with E-state index in [0.717, 1.165) is 11.6 Å². The molecule has 1 heterocycles. The highest BCUT2D eigenvalue weighted by Crippen LogP contribution is 2.33. The Morgan fingerprint density at radius 1 is 1.08 bits per heavy atom. The molecule has 1 saturated heterocycles. The molecular formula is C18H16F4N2O. The van der Waals surface area contributed by atoms with Crippen molar-refractivity contribution in [3.63, 3.8) is 0 Å². The largest absolute Gasteiger partial charge is 0.419 e. The molecule has 0 saturated carbocycles. The molecule has 1 aliphatic rings. The molecule has 0 unspecified atom stereocenters. The van der Waals surface area contributed by atoms with Crippen LogP contribution in [0.25, 0.3) is 0 Å². The van der Waals surface area contributed by atoms with Gasteiger partial charge in [-0.3, -0.25) is 4.79 Å². The van der Waals surface area contributed by atoms with Gasteiger partial charge in [0.2, 0.25) is 0 Å². The maximum Gasteiger partial charge on any atom is 0.419 e. The first kappa shape index (κ1) is 17.4. The van der Waals surface area contributed by atoms with Crippen LogP contribution in [0.4, 0.5) is 17.6 Å². The van der Waals surface area contributed by atoms with E-state index >= 15 is 0 Å². The van der Waals surface area contributed by atoms with Crippen LogP contribution in [0.2, 0.25) is 0 Å². The number of nitrogens with zero attached hydrogens (tertiary/aromatic N) is 1. The van der Waals surface area contributed by atoms with E-state index in [-0.39, 0.29) is 24.1 Å². The van der Waals surface area contributed by atoms with Gasteiger partial charge < -0.3 is 10.6 Å². The molecule has 132 valence electrons. The van der Waals surface area contributed by atoms with Crippen molar-refractivity contribution in [1.29, 1.82) is 0 Å². The topological polar surface area (TPSA) is 46.3 Å². The van der Waals surface area contributed by atoms with Gasteiger partial charge in [-0.15, -0.1) is 0 Å². The van der Waals surface area contributed by atoms with Gasteiger partial charge >= 0.3 is 6.18 Å². The Balaban J connectivity index is 1.83. The molecule has 0 aliphatic carbocycles. The maximum absolute atomic E-state index is 13.4. The summed E-state index contributed by atoms with van der Waals surface area (Å²) in [7, 11) is 0. The van der Waals surface area contributed by atoms with Gasteiger partial charge in [0.15, 0.2) is 0 Å². The summed E-state index contributed by atoms with van der Waals surface area (Å²) < 4.78 is 51.9. The van der Waals surface area contributed by atoms with E-state index in [0.29, 0.717) is 18.7 Å². The van der Waals surface area contributed by atoms with Gasteiger partial charge in [0.05, 0.1) is 5.56 Å². The van der Waals surface area contributed by atoms with Gasteiger partial charge in [0.25, 0.3) is 5.91 Å². The third kappa shape index (κ3) is 3.51. The first-order chi connectivity index (χ1) is 11.8. The van der Waals surface area contributed by atoms with E-state index in [1.54, 1.807) is 0 Å². The van der Waals surface area contributed by atoms with Crippen LogP contribution in [0.15, 0.2) is 48.5 Å². The normalized spacial score (nSPS) is 20.8. The lowest BCUT2D eigenvalue weighted by atomic mass is 9.95. The second kappa shape index (κ2) is 6.48. The molecular weight excluding hydrogens is 336 g/mol. The van der Waals surface area contributed by atoms with Crippen molar-refractivity contribution < 1.29 is 22.4 Å². The smallest absolute Gasteiger partial charge is 0.336 e. The van der Waals surface area contributed by atoms with E-state index in [1.165, 1.54) is 4.90 Å². The van der Waals surface area contributed by atoms with E-state index in [9.17, 15) is 22.4 Å². The van der Waals surface area contributed by atoms with Gasteiger partial charge in [-0.2, -0.15) is 13.2 Å². The number of carbonyl (C=O) groups excluding carboxylic acids is 1. The second-order valence-electron chi connectivity index (χ2n) is 6.08. The number of halogens is 4. The van der Waals surface area contributed by atoms with Crippen molar-refractivity contribution in [2.45, 2.75) is 18.1 Å². The summed E-state index contributed by atoms with van der Waals surface area (Å²) in [4.78, 5) is 14.0. The fraction of sp³-hybridized carbons (Fsp3) is 0.278. The lowest BCUT2D eigenvalue weighted by Gasteiger charge is -2.17. The summed E-state index contributed by atoms with van der Waals surface area (Å²) in [5.41, 5.74) is 5.44. The Kier molecular flexibility index (Phi) is 4.51.